The Morgan fingerprint density at radius 3 is 2.41 bits per heavy atom. The van der Waals surface area contributed by atoms with Gasteiger partial charge >= 0.3 is 0 Å². The Kier molecular flexibility index (Phi) is 5.89. The van der Waals surface area contributed by atoms with Crippen LogP contribution in [0, 0.1) is 5.92 Å². The van der Waals surface area contributed by atoms with E-state index in [4.69, 9.17) is 0 Å². The zero-order chi connectivity index (χ0) is 12.9. The van der Waals surface area contributed by atoms with Crippen molar-refractivity contribution in [3.05, 3.63) is 0 Å². The first-order valence-electron chi connectivity index (χ1n) is 6.52. The molecule has 102 valence electrons. The second kappa shape index (κ2) is 6.71. The molecule has 0 unspecified atom stereocenters. The van der Waals surface area contributed by atoms with E-state index in [-0.39, 0.29) is 11.0 Å². The lowest BCUT2D eigenvalue weighted by molar-refractivity contribution is 0.249. The Bertz CT molecular complexity index is 308. The monoisotopic (exact) mass is 262 g/mol. The van der Waals surface area contributed by atoms with E-state index in [1.807, 2.05) is 7.05 Å². The minimum atomic E-state index is -2.89. The number of piperidine rings is 1. The first kappa shape index (κ1) is 14.9. The van der Waals surface area contributed by atoms with Crippen molar-refractivity contribution in [1.29, 1.82) is 0 Å². The summed E-state index contributed by atoms with van der Waals surface area (Å²) in [6.45, 7) is 7.38. The molecule has 1 aliphatic rings. The van der Waals surface area contributed by atoms with E-state index in [1.54, 1.807) is 13.8 Å². The highest BCUT2D eigenvalue weighted by atomic mass is 32.2. The maximum absolute atomic E-state index is 11.7. The van der Waals surface area contributed by atoms with Gasteiger partial charge in [-0.2, -0.15) is 0 Å². The standard InChI is InChI=1S/C12H26N2O2S/c1-11(2)17(15,16)9-8-14(3)10-12-4-6-13-7-5-12/h11-13H,4-10H2,1-3H3. The van der Waals surface area contributed by atoms with Crippen molar-refractivity contribution in [2.75, 3.05) is 39.0 Å². The highest BCUT2D eigenvalue weighted by Gasteiger charge is 2.19. The lowest BCUT2D eigenvalue weighted by atomic mass is 9.98. The van der Waals surface area contributed by atoms with Crippen LogP contribution in [0.15, 0.2) is 0 Å². The molecule has 5 heteroatoms. The Morgan fingerprint density at radius 1 is 1.29 bits per heavy atom. The molecule has 1 saturated heterocycles. The second-order valence-corrected chi connectivity index (χ2v) is 8.05. The smallest absolute Gasteiger partial charge is 0.153 e. The highest BCUT2D eigenvalue weighted by Crippen LogP contribution is 2.12. The first-order valence-corrected chi connectivity index (χ1v) is 8.24. The van der Waals surface area contributed by atoms with Gasteiger partial charge < -0.3 is 10.2 Å². The summed E-state index contributed by atoms with van der Waals surface area (Å²) in [7, 11) is -0.862. The molecule has 1 heterocycles. The van der Waals surface area contributed by atoms with Crippen LogP contribution in [0.2, 0.25) is 0 Å². The summed E-state index contributed by atoms with van der Waals surface area (Å²) in [4.78, 5) is 2.16. The van der Waals surface area contributed by atoms with Gasteiger partial charge in [-0.05, 0) is 52.7 Å². The van der Waals surface area contributed by atoms with E-state index in [2.05, 4.69) is 10.2 Å². The van der Waals surface area contributed by atoms with E-state index in [9.17, 15) is 8.42 Å². The van der Waals surface area contributed by atoms with Gasteiger partial charge in [0, 0.05) is 13.1 Å². The molecule has 0 amide bonds. The molecular formula is C12H26N2O2S. The predicted octanol–water partition coefficient (Wildman–Crippen LogP) is 0.741. The normalized spacial score (nSPS) is 19.1. The van der Waals surface area contributed by atoms with Crippen molar-refractivity contribution in [2.45, 2.75) is 31.9 Å². The molecule has 0 aromatic carbocycles. The molecule has 0 aromatic rings. The third-order valence-corrected chi connectivity index (χ3v) is 5.69. The van der Waals surface area contributed by atoms with Gasteiger partial charge in [0.15, 0.2) is 9.84 Å². The molecule has 4 nitrogen and oxygen atoms in total. The summed E-state index contributed by atoms with van der Waals surface area (Å²) in [5, 5.41) is 3.09. The van der Waals surface area contributed by atoms with Crippen LogP contribution in [0.5, 0.6) is 0 Å². The number of hydrogen-bond acceptors (Lipinski definition) is 4. The van der Waals surface area contributed by atoms with E-state index in [0.717, 1.165) is 25.6 Å². The van der Waals surface area contributed by atoms with Crippen molar-refractivity contribution >= 4 is 9.84 Å². The van der Waals surface area contributed by atoms with E-state index in [0.29, 0.717) is 6.54 Å². The van der Waals surface area contributed by atoms with Gasteiger partial charge in [0.2, 0.25) is 0 Å². The minimum Gasteiger partial charge on any atom is -0.317 e. The fourth-order valence-electron chi connectivity index (χ4n) is 2.12. The van der Waals surface area contributed by atoms with E-state index >= 15 is 0 Å². The zero-order valence-corrected chi connectivity index (χ0v) is 12.1. The maximum atomic E-state index is 11.7. The number of nitrogens with zero attached hydrogens (tertiary/aromatic N) is 1. The Hall–Kier alpha value is -0.130. The van der Waals surface area contributed by atoms with Crippen molar-refractivity contribution < 1.29 is 8.42 Å². The van der Waals surface area contributed by atoms with Gasteiger partial charge in [-0.15, -0.1) is 0 Å². The van der Waals surface area contributed by atoms with Gasteiger partial charge in [-0.3, -0.25) is 0 Å². The summed E-state index contributed by atoms with van der Waals surface area (Å²) in [6, 6.07) is 0. The van der Waals surface area contributed by atoms with Crippen LogP contribution in [-0.4, -0.2) is 57.5 Å². The molecule has 1 aliphatic heterocycles. The van der Waals surface area contributed by atoms with E-state index in [1.165, 1.54) is 12.8 Å². The van der Waals surface area contributed by atoms with Crippen LogP contribution in [0.3, 0.4) is 0 Å². The molecule has 1 rings (SSSR count). The van der Waals surface area contributed by atoms with E-state index < -0.39 is 9.84 Å². The molecule has 0 atom stereocenters. The molecule has 1 fully saturated rings. The van der Waals surface area contributed by atoms with Gasteiger partial charge in [-0.1, -0.05) is 0 Å². The average molecular weight is 262 g/mol. The highest BCUT2D eigenvalue weighted by molar-refractivity contribution is 7.92. The molecule has 17 heavy (non-hydrogen) atoms. The summed E-state index contributed by atoms with van der Waals surface area (Å²) < 4.78 is 23.4. The second-order valence-electron chi connectivity index (χ2n) is 5.37. The lowest BCUT2D eigenvalue weighted by Crippen LogP contribution is -2.36. The number of nitrogens with one attached hydrogen (secondary N) is 1. The molecule has 0 bridgehead atoms. The predicted molar refractivity (Wildman–Crippen MR) is 72.0 cm³/mol. The van der Waals surface area contributed by atoms with Gasteiger partial charge in [0.05, 0.1) is 11.0 Å². The van der Waals surface area contributed by atoms with Crippen LogP contribution >= 0.6 is 0 Å². The molecule has 0 aliphatic carbocycles. The van der Waals surface area contributed by atoms with Crippen molar-refractivity contribution in [1.82, 2.24) is 10.2 Å². The topological polar surface area (TPSA) is 49.4 Å². The molecule has 0 spiro atoms. The van der Waals surface area contributed by atoms with Crippen LogP contribution in [0.25, 0.3) is 0 Å². The SMILES string of the molecule is CC(C)S(=O)(=O)CCN(C)CC1CCNCC1. The van der Waals surface area contributed by atoms with Crippen molar-refractivity contribution in [3.63, 3.8) is 0 Å². The molecule has 0 saturated carbocycles. The quantitative estimate of drug-likeness (QED) is 0.767. The van der Waals surface area contributed by atoms with Gasteiger partial charge in [0.25, 0.3) is 0 Å². The average Bonchev–Trinajstić information content (AvgIpc) is 2.28. The third kappa shape index (κ3) is 5.36. The third-order valence-electron chi connectivity index (χ3n) is 3.50. The minimum absolute atomic E-state index is 0.255. The fourth-order valence-corrected chi connectivity index (χ4v) is 3.15. The Labute approximate surface area is 106 Å². The van der Waals surface area contributed by atoms with Crippen molar-refractivity contribution in [2.24, 2.45) is 5.92 Å². The molecule has 1 N–H and O–H groups in total. The van der Waals surface area contributed by atoms with Crippen molar-refractivity contribution in [3.8, 4) is 0 Å². The fraction of sp³-hybridized carbons (Fsp3) is 1.00. The van der Waals surface area contributed by atoms with Crippen LogP contribution in [0.1, 0.15) is 26.7 Å². The van der Waals surface area contributed by atoms with Gasteiger partial charge in [-0.25, -0.2) is 8.42 Å². The molecular weight excluding hydrogens is 236 g/mol. The largest absolute Gasteiger partial charge is 0.317 e. The number of rotatable bonds is 6. The van der Waals surface area contributed by atoms with Gasteiger partial charge in [0.1, 0.15) is 0 Å². The Balaban J connectivity index is 2.27. The Morgan fingerprint density at radius 2 is 1.88 bits per heavy atom. The summed E-state index contributed by atoms with van der Waals surface area (Å²) in [5.41, 5.74) is 0. The first-order chi connectivity index (χ1) is 7.92. The van der Waals surface area contributed by atoms with Crippen LogP contribution in [-0.2, 0) is 9.84 Å². The summed E-state index contributed by atoms with van der Waals surface area (Å²) in [5.74, 6) is 1.01. The lowest BCUT2D eigenvalue weighted by Gasteiger charge is -2.27. The zero-order valence-electron chi connectivity index (χ0n) is 11.3. The molecule has 0 radical (unpaired) electrons. The number of sulfone groups is 1. The molecule has 0 aromatic heterocycles. The summed E-state index contributed by atoms with van der Waals surface area (Å²) >= 11 is 0. The van der Waals surface area contributed by atoms with Crippen LogP contribution < -0.4 is 5.32 Å². The van der Waals surface area contributed by atoms with Crippen LogP contribution in [0.4, 0.5) is 0 Å². The number of hydrogen-bond donors (Lipinski definition) is 1. The maximum Gasteiger partial charge on any atom is 0.153 e. The summed E-state index contributed by atoms with van der Waals surface area (Å²) in [6.07, 6.45) is 2.42.